The molecular formula is C8H5F3NO4. The first-order valence-electron chi connectivity index (χ1n) is 3.85. The lowest BCUT2D eigenvalue weighted by molar-refractivity contribution is -0.389. The highest BCUT2D eigenvalue weighted by atomic mass is 19.4. The molecule has 1 aromatic rings. The van der Waals surface area contributed by atoms with Crippen molar-refractivity contribution < 1.29 is 27.9 Å². The van der Waals surface area contributed by atoms with E-state index in [0.29, 0.717) is 6.61 Å². The van der Waals surface area contributed by atoms with E-state index in [2.05, 4.69) is 4.74 Å². The van der Waals surface area contributed by atoms with Crippen molar-refractivity contribution in [3.05, 3.63) is 40.5 Å². The summed E-state index contributed by atoms with van der Waals surface area (Å²) in [6.07, 6.45) is -5.03. The Hall–Kier alpha value is -1.83. The molecule has 1 radical (unpaired) electrons. The number of nitrogens with zero attached hydrogens (tertiary/aromatic N) is 1. The minimum atomic E-state index is -5.03. The first kappa shape index (κ1) is 12.2. The van der Waals surface area contributed by atoms with E-state index in [9.17, 15) is 23.3 Å². The van der Waals surface area contributed by atoms with Gasteiger partial charge >= 0.3 is 12.0 Å². The van der Waals surface area contributed by atoms with Gasteiger partial charge in [0.15, 0.2) is 0 Å². The molecule has 0 heterocycles. The van der Waals surface area contributed by atoms with E-state index in [-0.39, 0.29) is 5.56 Å². The van der Waals surface area contributed by atoms with Gasteiger partial charge < -0.3 is 9.84 Å². The van der Waals surface area contributed by atoms with E-state index in [0.717, 1.165) is 18.2 Å². The summed E-state index contributed by atoms with van der Waals surface area (Å²) in [4.78, 5) is 9.45. The van der Waals surface area contributed by atoms with Crippen LogP contribution in [0.3, 0.4) is 0 Å². The number of rotatable bonds is 3. The summed E-state index contributed by atoms with van der Waals surface area (Å²) >= 11 is 0. The van der Waals surface area contributed by atoms with Crippen molar-refractivity contribution in [2.45, 2.75) is 6.36 Å². The fourth-order valence-corrected chi connectivity index (χ4v) is 1.05. The molecule has 0 saturated heterocycles. The second kappa shape index (κ2) is 4.35. The molecule has 0 aromatic heterocycles. The molecule has 0 fully saturated rings. The summed E-state index contributed by atoms with van der Waals surface area (Å²) in [7, 11) is 0. The number of hydrogen-bond donors (Lipinski definition) is 1. The van der Waals surface area contributed by atoms with E-state index < -0.39 is 22.7 Å². The molecule has 1 aromatic carbocycles. The van der Waals surface area contributed by atoms with Gasteiger partial charge in [0.2, 0.25) is 5.75 Å². The first-order chi connectivity index (χ1) is 7.35. The van der Waals surface area contributed by atoms with Gasteiger partial charge in [-0.2, -0.15) is 0 Å². The maximum atomic E-state index is 11.9. The van der Waals surface area contributed by atoms with Crippen LogP contribution >= 0.6 is 0 Å². The molecule has 1 N–H and O–H groups in total. The van der Waals surface area contributed by atoms with Crippen LogP contribution < -0.4 is 4.74 Å². The molecule has 87 valence electrons. The fourth-order valence-electron chi connectivity index (χ4n) is 1.05. The highest BCUT2D eigenvalue weighted by Gasteiger charge is 2.35. The van der Waals surface area contributed by atoms with Crippen LogP contribution in [-0.4, -0.2) is 16.4 Å². The van der Waals surface area contributed by atoms with Gasteiger partial charge in [-0.25, -0.2) is 0 Å². The maximum absolute atomic E-state index is 11.9. The van der Waals surface area contributed by atoms with Gasteiger partial charge in [0.05, 0.1) is 10.5 Å². The number of halogens is 3. The summed E-state index contributed by atoms with van der Waals surface area (Å²) in [5.74, 6) is -0.972. The lowest BCUT2D eigenvalue weighted by Crippen LogP contribution is -2.18. The summed E-state index contributed by atoms with van der Waals surface area (Å²) in [5.41, 5.74) is -1.31. The van der Waals surface area contributed by atoms with Gasteiger partial charge in [0.1, 0.15) is 6.61 Å². The van der Waals surface area contributed by atoms with Crippen molar-refractivity contribution in [3.8, 4) is 5.75 Å². The van der Waals surface area contributed by atoms with Crippen molar-refractivity contribution in [3.63, 3.8) is 0 Å². The largest absolute Gasteiger partial charge is 0.573 e. The highest BCUT2D eigenvalue weighted by Crippen LogP contribution is 2.34. The zero-order valence-corrected chi connectivity index (χ0v) is 7.56. The molecular weight excluding hydrogens is 231 g/mol. The van der Waals surface area contributed by atoms with Crippen molar-refractivity contribution in [2.24, 2.45) is 0 Å². The van der Waals surface area contributed by atoms with Crippen LogP contribution in [0.2, 0.25) is 0 Å². The lowest BCUT2D eigenvalue weighted by atomic mass is 10.2. The number of hydrogen-bond acceptors (Lipinski definition) is 4. The van der Waals surface area contributed by atoms with Crippen molar-refractivity contribution in [1.82, 2.24) is 0 Å². The summed E-state index contributed by atoms with van der Waals surface area (Å²) in [6.45, 7) is 0.335. The fraction of sp³-hybridized carbons (Fsp3) is 0.125. The predicted octanol–water partition coefficient (Wildman–Crippen LogP) is 2.38. The van der Waals surface area contributed by atoms with E-state index in [1.807, 2.05) is 0 Å². The van der Waals surface area contributed by atoms with Crippen LogP contribution in [0, 0.1) is 16.7 Å². The van der Waals surface area contributed by atoms with Crippen LogP contribution in [0.15, 0.2) is 18.2 Å². The molecule has 1 rings (SSSR count). The van der Waals surface area contributed by atoms with Crippen molar-refractivity contribution in [2.75, 3.05) is 0 Å². The Morgan fingerprint density at radius 1 is 1.44 bits per heavy atom. The summed E-state index contributed by atoms with van der Waals surface area (Å²) in [6, 6.07) is 2.97. The number of benzene rings is 1. The van der Waals surface area contributed by atoms with Gasteiger partial charge in [-0.15, -0.1) is 13.2 Å². The molecule has 8 heteroatoms. The van der Waals surface area contributed by atoms with Crippen LogP contribution in [0.4, 0.5) is 18.9 Å². The zero-order chi connectivity index (χ0) is 12.3. The molecule has 0 spiro atoms. The Balaban J connectivity index is 3.22. The van der Waals surface area contributed by atoms with Gasteiger partial charge in [-0.05, 0) is 12.1 Å². The monoisotopic (exact) mass is 236 g/mol. The first-order valence-corrected chi connectivity index (χ1v) is 3.85. The van der Waals surface area contributed by atoms with E-state index in [1.165, 1.54) is 0 Å². The van der Waals surface area contributed by atoms with Crippen LogP contribution in [-0.2, 0) is 0 Å². The molecule has 0 unspecified atom stereocenters. The van der Waals surface area contributed by atoms with Crippen molar-refractivity contribution in [1.29, 1.82) is 0 Å². The minimum Gasteiger partial charge on any atom is -0.398 e. The molecule has 0 aliphatic heterocycles. The maximum Gasteiger partial charge on any atom is 0.573 e. The zero-order valence-electron chi connectivity index (χ0n) is 7.56. The quantitative estimate of drug-likeness (QED) is 0.645. The Morgan fingerprint density at radius 3 is 2.50 bits per heavy atom. The number of alkyl halides is 3. The highest BCUT2D eigenvalue weighted by molar-refractivity contribution is 5.54. The lowest BCUT2D eigenvalue weighted by Gasteiger charge is -2.10. The topological polar surface area (TPSA) is 72.6 Å². The minimum absolute atomic E-state index is 0.335. The average Bonchev–Trinajstić information content (AvgIpc) is 2.14. The second-order valence-corrected chi connectivity index (χ2v) is 2.63. The molecule has 5 nitrogen and oxygen atoms in total. The number of aliphatic hydroxyl groups is 1. The number of nitro groups is 1. The third-order valence-corrected chi connectivity index (χ3v) is 1.58. The normalized spacial score (nSPS) is 11.2. The molecule has 0 bridgehead atoms. The number of para-hydroxylation sites is 1. The second-order valence-electron chi connectivity index (χ2n) is 2.63. The smallest absolute Gasteiger partial charge is 0.398 e. The summed E-state index contributed by atoms with van der Waals surface area (Å²) < 4.78 is 39.2. The van der Waals surface area contributed by atoms with Crippen LogP contribution in [0.5, 0.6) is 5.75 Å². The van der Waals surface area contributed by atoms with E-state index in [4.69, 9.17) is 5.11 Å². The van der Waals surface area contributed by atoms with Gasteiger partial charge in [0.25, 0.3) is 0 Å². The SMILES string of the molecule is O=[N+]([O-])c1c([CH]O)cccc1OC(F)(F)F. The standard InChI is InChI=1S/C8H5F3NO4/c9-8(10,11)16-6-3-1-2-5(4-13)7(6)12(14)15/h1-4,13H. The Labute approximate surface area is 87.2 Å². The van der Waals surface area contributed by atoms with Gasteiger partial charge in [-0.1, -0.05) is 6.07 Å². The van der Waals surface area contributed by atoms with Crippen molar-refractivity contribution >= 4 is 5.69 Å². The van der Waals surface area contributed by atoms with Crippen LogP contribution in [0.1, 0.15) is 5.56 Å². The van der Waals surface area contributed by atoms with Gasteiger partial charge in [-0.3, -0.25) is 10.1 Å². The number of nitro benzene ring substituents is 1. The van der Waals surface area contributed by atoms with E-state index >= 15 is 0 Å². The number of aliphatic hydroxyl groups excluding tert-OH is 1. The molecule has 0 aliphatic rings. The van der Waals surface area contributed by atoms with Gasteiger partial charge in [0, 0.05) is 0 Å². The van der Waals surface area contributed by atoms with Crippen LogP contribution in [0.25, 0.3) is 0 Å². The Kier molecular flexibility index (Phi) is 3.33. The molecule has 0 amide bonds. The molecule has 0 atom stereocenters. The predicted molar refractivity (Wildman–Crippen MR) is 45.1 cm³/mol. The molecule has 0 aliphatic carbocycles. The third-order valence-electron chi connectivity index (χ3n) is 1.58. The Bertz CT molecular complexity index is 405. The van der Waals surface area contributed by atoms with E-state index in [1.54, 1.807) is 0 Å². The average molecular weight is 236 g/mol. The molecule has 16 heavy (non-hydrogen) atoms. The summed E-state index contributed by atoms with van der Waals surface area (Å²) in [5, 5.41) is 19.1. The Morgan fingerprint density at radius 2 is 2.06 bits per heavy atom. The number of ether oxygens (including phenoxy) is 1. The molecule has 0 saturated carbocycles. The third kappa shape index (κ3) is 2.83.